The van der Waals surface area contributed by atoms with Crippen molar-refractivity contribution in [3.8, 4) is 0 Å². The molecule has 0 radical (unpaired) electrons. The molecule has 2 rings (SSSR count). The van der Waals surface area contributed by atoms with Crippen molar-refractivity contribution in [2.75, 3.05) is 80.2 Å². The van der Waals surface area contributed by atoms with Gasteiger partial charge in [-0.25, -0.2) is 26.3 Å². The Hall–Kier alpha value is -1.67. The Kier molecular flexibility index (Phi) is 76.4. The summed E-state index contributed by atoms with van der Waals surface area (Å²) in [6.07, 6.45) is -22.4. The van der Waals surface area contributed by atoms with Gasteiger partial charge in [0, 0.05) is 38.1 Å². The average Bonchev–Trinajstić information content (AvgIpc) is 1.44. The summed E-state index contributed by atoms with van der Waals surface area (Å²) in [5.41, 5.74) is 0. The summed E-state index contributed by atoms with van der Waals surface area (Å²) < 4.78 is 400. The van der Waals surface area contributed by atoms with E-state index in [-0.39, 0.29) is 49.5 Å². The van der Waals surface area contributed by atoms with Crippen molar-refractivity contribution < 1.29 is 196 Å². The summed E-state index contributed by atoms with van der Waals surface area (Å²) in [6, 6.07) is 2.65. The molecule has 598 valence electrons. The maximum atomic E-state index is 12.7. The van der Waals surface area contributed by atoms with Gasteiger partial charge in [-0.3, -0.25) is 0 Å². The molecule has 1 heterocycles. The zero-order valence-electron chi connectivity index (χ0n) is 50.2. The Morgan fingerprint density at radius 3 is 1.09 bits per heavy atom. The van der Waals surface area contributed by atoms with Crippen molar-refractivity contribution in [1.29, 1.82) is 0 Å². The minimum atomic E-state index is -5.76. The molecule has 0 N–H and O–H groups in total. The van der Waals surface area contributed by atoms with Crippen LogP contribution in [0.2, 0.25) is 70.0 Å². The number of epoxide rings is 1. The zero-order chi connectivity index (χ0) is 74.0. The Balaban J connectivity index is -0.000000147. The van der Waals surface area contributed by atoms with E-state index < -0.39 is 153 Å². The summed E-state index contributed by atoms with van der Waals surface area (Å²) in [5.74, 6) is -4.60. The molecule has 2 fully saturated rings. The van der Waals surface area contributed by atoms with Crippen LogP contribution in [0, 0.1) is 5.92 Å². The number of halogens is 33. The van der Waals surface area contributed by atoms with Gasteiger partial charge >= 0.3 is 60.1 Å². The van der Waals surface area contributed by atoms with Crippen molar-refractivity contribution in [3.05, 3.63) is 0 Å². The van der Waals surface area contributed by atoms with Gasteiger partial charge in [0.2, 0.25) is 13.7 Å². The van der Waals surface area contributed by atoms with Crippen LogP contribution in [0.3, 0.4) is 0 Å². The van der Waals surface area contributed by atoms with Gasteiger partial charge < -0.3 is 35.4 Å². The van der Waals surface area contributed by atoms with Crippen LogP contribution in [-0.4, -0.2) is 178 Å². The number of hydrogen-bond acceptors (Lipinski definition) is 11. The van der Waals surface area contributed by atoms with Gasteiger partial charge in [0.15, 0.2) is 50.1 Å². The summed E-state index contributed by atoms with van der Waals surface area (Å²) in [6.45, 7) is 1.77. The van der Waals surface area contributed by atoms with Gasteiger partial charge in [0.1, 0.15) is 0 Å². The molecule has 6 unspecified atom stereocenters. The predicted molar refractivity (Wildman–Crippen MR) is 301 cm³/mol. The highest BCUT2D eigenvalue weighted by Gasteiger charge is 2.57. The second-order valence-electron chi connectivity index (χ2n) is 20.0. The normalized spacial score (nSPS) is 16.8. The summed E-state index contributed by atoms with van der Waals surface area (Å²) in [5, 5.41) is 0. The fourth-order valence-electron chi connectivity index (χ4n) is 7.16. The van der Waals surface area contributed by atoms with E-state index in [2.05, 4.69) is 47.6 Å². The summed E-state index contributed by atoms with van der Waals surface area (Å²) >= 11 is 0. The lowest BCUT2D eigenvalue weighted by molar-refractivity contribution is -0.286. The van der Waals surface area contributed by atoms with E-state index in [0.717, 1.165) is 44.2 Å². The first-order valence-electron chi connectivity index (χ1n) is 26.1. The first-order valence-corrected chi connectivity index (χ1v) is 39.5. The minimum Gasteiger partial charge on any atom is -0.439 e. The first-order chi connectivity index (χ1) is 41.9. The van der Waals surface area contributed by atoms with Crippen molar-refractivity contribution in [1.82, 2.24) is 0 Å². The predicted octanol–water partition coefficient (Wildman–Crippen LogP) is 22.4. The molecule has 6 atom stereocenters. The Bertz CT molecular complexity index is 1640. The molecule has 2 aliphatic rings. The molecule has 0 bridgehead atoms. The lowest BCUT2D eigenvalue weighted by Gasteiger charge is -2.43. The molecule has 1 saturated carbocycles. The SMILES string of the molecule is C.C.C.C.C[SiH](O[Si](C)(C)CCCOCF)O[Si](C)(CCCC1CCC2OC2C1)O[Si](C)(CCCOCCC(F)(F)F)O[Si](C)(C)CCCOCCC(F)(F)F.FCC(F)(F)C(F)(F)F.FCC(F)(F)F.FCC(F)(F)F.FCOF.FCOF.FF.FF.FOCC(F)(F)F. The number of alkyl halides is 26. The van der Waals surface area contributed by atoms with Gasteiger partial charge in [-0.1, -0.05) is 42.5 Å². The second kappa shape index (κ2) is 62.0. The van der Waals surface area contributed by atoms with Crippen LogP contribution in [0.5, 0.6) is 0 Å². The van der Waals surface area contributed by atoms with Crippen molar-refractivity contribution in [2.24, 2.45) is 5.92 Å². The molecule has 0 amide bonds. The van der Waals surface area contributed by atoms with Crippen LogP contribution in [0.25, 0.3) is 0 Å². The quantitative estimate of drug-likeness (QED) is 0.0271. The molecule has 0 aromatic carbocycles. The van der Waals surface area contributed by atoms with E-state index in [9.17, 15) is 128 Å². The highest BCUT2D eigenvalue weighted by molar-refractivity contribution is 6.88. The maximum Gasteiger partial charge on any atom is 0.456 e. The molecular formula is C47H93F33O11Si5. The van der Waals surface area contributed by atoms with Gasteiger partial charge in [0.05, 0.1) is 38.3 Å². The van der Waals surface area contributed by atoms with Gasteiger partial charge in [-0.15, -0.1) is 0 Å². The summed E-state index contributed by atoms with van der Waals surface area (Å²) in [4.78, 5) is 7.03. The fraction of sp³-hybridized carbons (Fsp3) is 1.00. The Morgan fingerprint density at radius 2 is 0.792 bits per heavy atom. The van der Waals surface area contributed by atoms with Gasteiger partial charge in [0.25, 0.3) is 9.28 Å². The monoisotopic (exact) mass is 1600 g/mol. The first kappa shape index (κ1) is 118. The van der Waals surface area contributed by atoms with Crippen molar-refractivity contribution in [3.63, 3.8) is 0 Å². The Labute approximate surface area is 543 Å². The third-order valence-corrected chi connectivity index (χ3v) is 30.8. The van der Waals surface area contributed by atoms with Crippen LogP contribution in [0.4, 0.5) is 146 Å². The second-order valence-corrected chi connectivity index (χ2v) is 38.2. The molecule has 1 aliphatic heterocycles. The largest absolute Gasteiger partial charge is 0.456 e. The number of ether oxygens (including phenoxy) is 4. The molecule has 1 aliphatic carbocycles. The van der Waals surface area contributed by atoms with E-state index in [1.54, 1.807) is 0 Å². The van der Waals surface area contributed by atoms with Crippen LogP contribution < -0.4 is 0 Å². The third-order valence-electron chi connectivity index (χ3n) is 10.6. The van der Waals surface area contributed by atoms with Crippen LogP contribution in [0.1, 0.15) is 93.9 Å². The van der Waals surface area contributed by atoms with Crippen LogP contribution in [0.15, 0.2) is 0 Å². The van der Waals surface area contributed by atoms with Gasteiger partial charge in [-0.2, -0.15) is 103 Å². The lowest BCUT2D eigenvalue weighted by Crippen LogP contribution is -2.58. The van der Waals surface area contributed by atoms with E-state index in [0.29, 0.717) is 56.1 Å². The standard InChI is InChI=1S/C32H65F7O8Si5.C3H2F6.C2H2F4O.2C2H2F4.2CH2F2O.4CH4.2F2/c1-48(44-49(2,3)22-10-19-42-27-33)45-51(6,24-8-12-28-13-14-29-30(26-28)43-29)47-52(7,25-11-18-41-21-16-32(37,38)39)46-50(4,5)23-9-17-40-20-15-31(34,35)36;4-1-2(5,6)3(7,8)9;3-2(4,5)1-7-6;2*3-1-2(4,5)6;2*2-1-4-3;;;;;2*1-2/h28-30,48H,8-27H2,1-7H3;1H2;1H2;2*1H2;2*1H2;4*1H4;;. The van der Waals surface area contributed by atoms with E-state index in [1.807, 2.05) is 13.1 Å². The maximum absolute atomic E-state index is 12.7. The summed E-state index contributed by atoms with van der Waals surface area (Å²) in [7, 11) is -12.8. The zero-order valence-corrected chi connectivity index (χ0v) is 55.3. The molecular weight excluding hydrogens is 1510 g/mol. The van der Waals surface area contributed by atoms with Gasteiger partial charge in [-0.05, 0) is 128 Å². The molecule has 0 aromatic heterocycles. The topological polar surface area (TPSA) is 105 Å². The van der Waals surface area contributed by atoms with E-state index in [1.165, 1.54) is 0 Å². The lowest BCUT2D eigenvalue weighted by atomic mass is 9.86. The smallest absolute Gasteiger partial charge is 0.439 e. The molecule has 1 saturated heterocycles. The number of fused-ring (bicyclic) bond motifs is 1. The molecule has 0 spiro atoms. The minimum absolute atomic E-state index is 0. The van der Waals surface area contributed by atoms with E-state index in [4.69, 9.17) is 53.7 Å². The number of hydrogen-bond donors (Lipinski definition) is 0. The highest BCUT2D eigenvalue weighted by atomic mass is 28.5. The molecule has 11 nitrogen and oxygen atoms in total. The van der Waals surface area contributed by atoms with Crippen LogP contribution in [-0.2, 0) is 50.2 Å². The Morgan fingerprint density at radius 1 is 0.417 bits per heavy atom. The fourth-order valence-corrected chi connectivity index (χ4v) is 29.9. The van der Waals surface area contributed by atoms with Crippen LogP contribution >= 0.6 is 0 Å². The third kappa shape index (κ3) is 84.7. The highest BCUT2D eigenvalue weighted by Crippen LogP contribution is 2.42. The van der Waals surface area contributed by atoms with Crippen molar-refractivity contribution >= 4 is 43.0 Å². The molecule has 96 heavy (non-hydrogen) atoms. The average molecular weight is 1600 g/mol. The van der Waals surface area contributed by atoms with Crippen molar-refractivity contribution in [2.45, 2.75) is 219 Å². The number of rotatable bonds is 33. The molecule has 49 heteroatoms. The molecule has 0 aromatic rings. The van der Waals surface area contributed by atoms with E-state index >= 15 is 0 Å².